The second kappa shape index (κ2) is 5.54. The van der Waals surface area contributed by atoms with Crippen LogP contribution < -0.4 is 5.73 Å². The number of rotatable bonds is 5. The fourth-order valence-corrected chi connectivity index (χ4v) is 3.20. The molecule has 0 saturated heterocycles. The van der Waals surface area contributed by atoms with Gasteiger partial charge in [-0.1, -0.05) is 18.2 Å². The van der Waals surface area contributed by atoms with E-state index in [2.05, 4.69) is 41.9 Å². The van der Waals surface area contributed by atoms with Crippen molar-refractivity contribution in [1.29, 1.82) is 0 Å². The molecule has 106 valence electrons. The molecule has 1 aliphatic rings. The quantitative estimate of drug-likeness (QED) is 0.915. The number of hydrogen-bond acceptors (Lipinski definition) is 4. The zero-order valence-electron chi connectivity index (χ0n) is 12.1. The van der Waals surface area contributed by atoms with Crippen molar-refractivity contribution < 1.29 is 0 Å². The van der Waals surface area contributed by atoms with Crippen LogP contribution in [0.2, 0.25) is 0 Å². The van der Waals surface area contributed by atoms with Gasteiger partial charge in [-0.15, -0.1) is 11.3 Å². The Morgan fingerprint density at radius 3 is 2.65 bits per heavy atom. The molecule has 1 aliphatic carbocycles. The molecule has 1 aromatic carbocycles. The van der Waals surface area contributed by atoms with E-state index < -0.39 is 0 Å². The lowest BCUT2D eigenvalue weighted by atomic mass is 10.1. The maximum atomic E-state index is 5.72. The van der Waals surface area contributed by atoms with E-state index in [1.807, 2.05) is 6.20 Å². The number of nitrogens with zero attached hydrogens (tertiary/aromatic N) is 2. The highest BCUT2D eigenvalue weighted by atomic mass is 32.1. The summed E-state index contributed by atoms with van der Waals surface area (Å²) in [5, 5.41) is 0.668. The second-order valence-corrected chi connectivity index (χ2v) is 6.87. The average molecular weight is 287 g/mol. The van der Waals surface area contributed by atoms with Crippen LogP contribution in [0.25, 0.3) is 0 Å². The maximum Gasteiger partial charge on any atom is 0.180 e. The number of aromatic nitrogens is 1. The van der Waals surface area contributed by atoms with E-state index in [9.17, 15) is 0 Å². The minimum atomic E-state index is 0.668. The summed E-state index contributed by atoms with van der Waals surface area (Å²) in [4.78, 5) is 7.97. The Morgan fingerprint density at radius 1 is 1.25 bits per heavy atom. The summed E-state index contributed by atoms with van der Waals surface area (Å²) in [5.74, 6) is 0. The lowest BCUT2D eigenvalue weighted by Crippen LogP contribution is -2.24. The smallest absolute Gasteiger partial charge is 0.180 e. The van der Waals surface area contributed by atoms with Gasteiger partial charge in [0.05, 0.1) is 0 Å². The van der Waals surface area contributed by atoms with E-state index in [1.54, 1.807) is 11.3 Å². The third-order valence-corrected chi connectivity index (χ3v) is 4.76. The van der Waals surface area contributed by atoms with Crippen LogP contribution in [-0.2, 0) is 13.1 Å². The number of nitrogen functional groups attached to an aromatic ring is 1. The van der Waals surface area contributed by atoms with Gasteiger partial charge in [-0.05, 0) is 43.4 Å². The fraction of sp³-hybridized carbons (Fsp3) is 0.438. The predicted molar refractivity (Wildman–Crippen MR) is 84.7 cm³/mol. The van der Waals surface area contributed by atoms with Crippen molar-refractivity contribution in [3.63, 3.8) is 0 Å². The third kappa shape index (κ3) is 3.19. The molecule has 1 fully saturated rings. The normalized spacial score (nSPS) is 14.9. The highest BCUT2D eigenvalue weighted by Crippen LogP contribution is 2.31. The van der Waals surface area contributed by atoms with Crippen molar-refractivity contribution in [2.75, 3.05) is 5.73 Å². The number of aryl methyl sites for hydroxylation is 2. The van der Waals surface area contributed by atoms with Crippen molar-refractivity contribution in [2.45, 2.75) is 45.8 Å². The van der Waals surface area contributed by atoms with E-state index in [0.717, 1.165) is 19.1 Å². The molecule has 1 heterocycles. The molecule has 0 amide bonds. The van der Waals surface area contributed by atoms with Crippen molar-refractivity contribution in [3.8, 4) is 0 Å². The first kappa shape index (κ1) is 13.6. The summed E-state index contributed by atoms with van der Waals surface area (Å²) in [6.45, 7) is 6.33. The third-order valence-electron chi connectivity index (χ3n) is 3.95. The first-order chi connectivity index (χ1) is 9.61. The van der Waals surface area contributed by atoms with Gasteiger partial charge in [0.1, 0.15) is 0 Å². The van der Waals surface area contributed by atoms with Crippen molar-refractivity contribution in [3.05, 3.63) is 46.0 Å². The Labute approximate surface area is 124 Å². The van der Waals surface area contributed by atoms with Gasteiger partial charge in [0, 0.05) is 30.2 Å². The van der Waals surface area contributed by atoms with Gasteiger partial charge in [0.25, 0.3) is 0 Å². The molecule has 3 rings (SSSR count). The molecule has 0 unspecified atom stereocenters. The Bertz CT molecular complexity index is 602. The highest BCUT2D eigenvalue weighted by molar-refractivity contribution is 7.15. The van der Waals surface area contributed by atoms with Crippen LogP contribution in [0.4, 0.5) is 5.13 Å². The molecule has 0 spiro atoms. The van der Waals surface area contributed by atoms with Gasteiger partial charge in [-0.3, -0.25) is 4.90 Å². The number of thiazole rings is 1. The number of benzene rings is 1. The van der Waals surface area contributed by atoms with E-state index in [1.165, 1.54) is 34.4 Å². The molecule has 1 aromatic heterocycles. The van der Waals surface area contributed by atoms with Gasteiger partial charge in [-0.2, -0.15) is 0 Å². The Kier molecular flexibility index (Phi) is 3.76. The summed E-state index contributed by atoms with van der Waals surface area (Å²) >= 11 is 1.60. The summed E-state index contributed by atoms with van der Waals surface area (Å²) in [5.41, 5.74) is 9.86. The van der Waals surface area contributed by atoms with Crippen LogP contribution >= 0.6 is 11.3 Å². The molecule has 2 N–H and O–H groups in total. The number of nitrogens with two attached hydrogens (primary N) is 1. The lowest BCUT2D eigenvalue weighted by Gasteiger charge is -2.21. The monoisotopic (exact) mass is 287 g/mol. The van der Waals surface area contributed by atoms with Gasteiger partial charge in [0.15, 0.2) is 5.13 Å². The largest absolute Gasteiger partial charge is 0.375 e. The fourth-order valence-electron chi connectivity index (χ4n) is 2.49. The molecule has 0 aliphatic heterocycles. The Morgan fingerprint density at radius 2 is 2.05 bits per heavy atom. The summed E-state index contributed by atoms with van der Waals surface area (Å²) in [6.07, 6.45) is 4.55. The molecule has 0 radical (unpaired) electrons. The molecule has 0 atom stereocenters. The molecule has 4 heteroatoms. The SMILES string of the molecule is Cc1ccc(CN(Cc2cnc(N)s2)C2CC2)cc1C. The maximum absolute atomic E-state index is 5.72. The molecule has 0 bridgehead atoms. The lowest BCUT2D eigenvalue weighted by molar-refractivity contribution is 0.248. The zero-order chi connectivity index (χ0) is 14.1. The molecular formula is C16H21N3S. The minimum absolute atomic E-state index is 0.668. The van der Waals surface area contributed by atoms with Crippen molar-refractivity contribution in [1.82, 2.24) is 9.88 Å². The standard InChI is InChI=1S/C16H21N3S/c1-11-3-4-13(7-12(11)2)9-19(14-5-6-14)10-15-8-18-16(17)20-15/h3-4,7-8,14H,5-6,9-10H2,1-2H3,(H2,17,18). The van der Waals surface area contributed by atoms with Gasteiger partial charge in [0.2, 0.25) is 0 Å². The van der Waals surface area contributed by atoms with E-state index >= 15 is 0 Å². The van der Waals surface area contributed by atoms with Crippen LogP contribution in [0.3, 0.4) is 0 Å². The predicted octanol–water partition coefficient (Wildman–Crippen LogP) is 3.51. The summed E-state index contributed by atoms with van der Waals surface area (Å²) in [6, 6.07) is 7.52. The zero-order valence-corrected chi connectivity index (χ0v) is 12.9. The van der Waals surface area contributed by atoms with E-state index in [-0.39, 0.29) is 0 Å². The van der Waals surface area contributed by atoms with Gasteiger partial charge >= 0.3 is 0 Å². The Hall–Kier alpha value is -1.39. The van der Waals surface area contributed by atoms with Crippen LogP contribution in [-0.4, -0.2) is 15.9 Å². The first-order valence-electron chi connectivity index (χ1n) is 7.12. The van der Waals surface area contributed by atoms with Gasteiger partial charge < -0.3 is 5.73 Å². The van der Waals surface area contributed by atoms with Crippen LogP contribution in [0.1, 0.15) is 34.4 Å². The van der Waals surface area contributed by atoms with Crippen LogP contribution in [0.5, 0.6) is 0 Å². The molecule has 1 saturated carbocycles. The van der Waals surface area contributed by atoms with Crippen molar-refractivity contribution >= 4 is 16.5 Å². The Balaban J connectivity index is 1.72. The topological polar surface area (TPSA) is 42.2 Å². The molecule has 20 heavy (non-hydrogen) atoms. The number of anilines is 1. The van der Waals surface area contributed by atoms with Crippen molar-refractivity contribution in [2.24, 2.45) is 0 Å². The van der Waals surface area contributed by atoms with Crippen LogP contribution in [0, 0.1) is 13.8 Å². The van der Waals surface area contributed by atoms with E-state index in [0.29, 0.717) is 5.13 Å². The average Bonchev–Trinajstić information content (AvgIpc) is 3.17. The second-order valence-electron chi connectivity index (χ2n) is 5.72. The molecule has 2 aromatic rings. The molecule has 3 nitrogen and oxygen atoms in total. The van der Waals surface area contributed by atoms with Gasteiger partial charge in [-0.25, -0.2) is 4.98 Å². The first-order valence-corrected chi connectivity index (χ1v) is 7.94. The summed E-state index contributed by atoms with van der Waals surface area (Å²) < 4.78 is 0. The summed E-state index contributed by atoms with van der Waals surface area (Å²) in [7, 11) is 0. The highest BCUT2D eigenvalue weighted by Gasteiger charge is 2.29. The number of hydrogen-bond donors (Lipinski definition) is 1. The van der Waals surface area contributed by atoms with E-state index in [4.69, 9.17) is 5.73 Å². The minimum Gasteiger partial charge on any atom is -0.375 e. The molecular weight excluding hydrogens is 266 g/mol. The van der Waals surface area contributed by atoms with Crippen LogP contribution in [0.15, 0.2) is 24.4 Å².